The molecule has 1 atom stereocenters. The summed E-state index contributed by atoms with van der Waals surface area (Å²) in [6.45, 7) is 8.47. The van der Waals surface area contributed by atoms with Gasteiger partial charge in [-0.3, -0.25) is 9.59 Å². The summed E-state index contributed by atoms with van der Waals surface area (Å²) in [4.78, 5) is 24.7. The third-order valence-corrected chi connectivity index (χ3v) is 7.43. The maximum atomic E-state index is 13.0. The third-order valence-electron chi connectivity index (χ3n) is 7.43. The van der Waals surface area contributed by atoms with Gasteiger partial charge in [0.1, 0.15) is 5.76 Å². The van der Waals surface area contributed by atoms with Crippen LogP contribution in [0.25, 0.3) is 0 Å². The maximum Gasteiger partial charge on any atom is 0.304 e. The summed E-state index contributed by atoms with van der Waals surface area (Å²) in [5, 5.41) is 17.0. The van der Waals surface area contributed by atoms with Gasteiger partial charge in [0.15, 0.2) is 0 Å². The average Bonchev–Trinajstić information content (AvgIpc) is 3.47. The first-order chi connectivity index (χ1) is 16.2. The maximum absolute atomic E-state index is 13.0. The molecule has 1 aromatic heterocycles. The lowest BCUT2D eigenvalue weighted by molar-refractivity contribution is -0.137. The number of aryl methyl sites for hydroxylation is 2. The summed E-state index contributed by atoms with van der Waals surface area (Å²) in [5.41, 5.74) is 4.62. The standard InChI is InChI=1S/C28H38N2O4/c1-16(2)5-8-19-12-22(13-19)28-26(20-9-10-20)27(30-34-28)21(15-25(32)33)14-24(31)29-23-11-17(3)6-7-18(23)4/h6-7,11,16,19-22H,5,8-10,12-15H2,1-4H3,(H,29,31)(H,32,33). The van der Waals surface area contributed by atoms with E-state index in [4.69, 9.17) is 4.52 Å². The zero-order valence-electron chi connectivity index (χ0n) is 20.9. The Bertz CT molecular complexity index is 1030. The van der Waals surface area contributed by atoms with E-state index in [1.807, 2.05) is 32.0 Å². The van der Waals surface area contributed by atoms with Gasteiger partial charge in [0, 0.05) is 29.5 Å². The van der Waals surface area contributed by atoms with Gasteiger partial charge >= 0.3 is 5.97 Å². The number of anilines is 1. The first kappa shape index (κ1) is 24.5. The SMILES string of the molecule is Cc1ccc(C)c(NC(=O)CC(CC(=O)O)c2noc(C3CC(CCC(C)C)C3)c2C2CC2)c1. The molecule has 0 saturated heterocycles. The number of nitrogens with one attached hydrogen (secondary N) is 1. The van der Waals surface area contributed by atoms with Gasteiger partial charge in [-0.2, -0.15) is 0 Å². The second-order valence-electron chi connectivity index (χ2n) is 11.0. The molecule has 2 saturated carbocycles. The lowest BCUT2D eigenvalue weighted by Crippen LogP contribution is -2.23. The monoisotopic (exact) mass is 466 g/mol. The van der Waals surface area contributed by atoms with Gasteiger partial charge in [-0.05, 0) is 74.5 Å². The van der Waals surface area contributed by atoms with Crippen molar-refractivity contribution in [2.24, 2.45) is 11.8 Å². The number of benzene rings is 1. The van der Waals surface area contributed by atoms with E-state index in [2.05, 4.69) is 24.3 Å². The van der Waals surface area contributed by atoms with Crippen molar-refractivity contribution in [2.75, 3.05) is 5.32 Å². The van der Waals surface area contributed by atoms with Crippen LogP contribution in [0, 0.1) is 25.7 Å². The van der Waals surface area contributed by atoms with Crippen LogP contribution in [0.4, 0.5) is 5.69 Å². The molecule has 4 rings (SSSR count). The Kier molecular flexibility index (Phi) is 7.44. The molecule has 0 bridgehead atoms. The number of carbonyl (C=O) groups excluding carboxylic acids is 1. The molecule has 34 heavy (non-hydrogen) atoms. The normalized spacial score (nSPS) is 20.7. The molecule has 2 aromatic rings. The van der Waals surface area contributed by atoms with Crippen molar-refractivity contribution in [3.05, 3.63) is 46.3 Å². The Morgan fingerprint density at radius 3 is 2.53 bits per heavy atom. The number of rotatable bonds is 11. The van der Waals surface area contributed by atoms with E-state index in [1.54, 1.807) is 0 Å². The molecule has 6 nitrogen and oxygen atoms in total. The smallest absolute Gasteiger partial charge is 0.304 e. The highest BCUT2D eigenvalue weighted by Crippen LogP contribution is 2.52. The molecule has 2 fully saturated rings. The second kappa shape index (κ2) is 10.3. The van der Waals surface area contributed by atoms with Crippen LogP contribution in [0.5, 0.6) is 0 Å². The molecule has 2 aliphatic carbocycles. The van der Waals surface area contributed by atoms with Gasteiger partial charge in [0.25, 0.3) is 0 Å². The molecule has 2 N–H and O–H groups in total. The van der Waals surface area contributed by atoms with Crippen molar-refractivity contribution in [2.45, 2.75) is 96.8 Å². The van der Waals surface area contributed by atoms with E-state index in [1.165, 1.54) is 12.8 Å². The number of amides is 1. The Hall–Kier alpha value is -2.63. The van der Waals surface area contributed by atoms with Gasteiger partial charge in [-0.15, -0.1) is 0 Å². The number of aliphatic carboxylic acids is 1. The number of carboxylic acid groups (broad SMARTS) is 1. The van der Waals surface area contributed by atoms with E-state index in [0.29, 0.717) is 17.5 Å². The largest absolute Gasteiger partial charge is 0.481 e. The fraction of sp³-hybridized carbons (Fsp3) is 0.607. The molecule has 1 unspecified atom stereocenters. The molecule has 184 valence electrons. The van der Waals surface area contributed by atoms with E-state index < -0.39 is 11.9 Å². The Morgan fingerprint density at radius 2 is 1.88 bits per heavy atom. The van der Waals surface area contributed by atoms with E-state index in [-0.39, 0.29) is 18.7 Å². The molecular weight excluding hydrogens is 428 g/mol. The Morgan fingerprint density at radius 1 is 1.15 bits per heavy atom. The molecule has 6 heteroatoms. The number of carboxylic acids is 1. The van der Waals surface area contributed by atoms with Gasteiger partial charge in [-0.1, -0.05) is 44.0 Å². The minimum Gasteiger partial charge on any atom is -0.481 e. The second-order valence-corrected chi connectivity index (χ2v) is 11.0. The molecule has 0 aliphatic heterocycles. The highest BCUT2D eigenvalue weighted by atomic mass is 16.5. The third kappa shape index (κ3) is 5.89. The topological polar surface area (TPSA) is 92.4 Å². The molecule has 0 radical (unpaired) electrons. The lowest BCUT2D eigenvalue weighted by atomic mass is 9.70. The highest BCUT2D eigenvalue weighted by Gasteiger charge is 2.41. The highest BCUT2D eigenvalue weighted by molar-refractivity contribution is 5.92. The van der Waals surface area contributed by atoms with Gasteiger partial charge < -0.3 is 14.9 Å². The van der Waals surface area contributed by atoms with E-state index in [0.717, 1.165) is 65.7 Å². The van der Waals surface area contributed by atoms with Crippen molar-refractivity contribution in [1.29, 1.82) is 0 Å². The zero-order chi connectivity index (χ0) is 24.4. The minimum absolute atomic E-state index is 0.0764. The van der Waals surface area contributed by atoms with Crippen LogP contribution in [0.3, 0.4) is 0 Å². The van der Waals surface area contributed by atoms with Crippen LogP contribution in [0.2, 0.25) is 0 Å². The van der Waals surface area contributed by atoms with Crippen LogP contribution in [0.1, 0.15) is 111 Å². The summed E-state index contributed by atoms with van der Waals surface area (Å²) >= 11 is 0. The summed E-state index contributed by atoms with van der Waals surface area (Å²) in [7, 11) is 0. The van der Waals surface area contributed by atoms with E-state index >= 15 is 0 Å². The predicted molar refractivity (Wildman–Crippen MR) is 132 cm³/mol. The number of aromatic nitrogens is 1. The first-order valence-electron chi connectivity index (χ1n) is 12.8. The van der Waals surface area contributed by atoms with Crippen LogP contribution < -0.4 is 5.32 Å². The predicted octanol–water partition coefficient (Wildman–Crippen LogP) is 6.69. The summed E-state index contributed by atoms with van der Waals surface area (Å²) in [5.74, 6) is 1.59. The van der Waals surface area contributed by atoms with Crippen LogP contribution in [-0.4, -0.2) is 22.1 Å². The lowest BCUT2D eigenvalue weighted by Gasteiger charge is -2.34. The number of carbonyl (C=O) groups is 2. The quantitative estimate of drug-likeness (QED) is 0.385. The van der Waals surface area contributed by atoms with E-state index in [9.17, 15) is 14.7 Å². The molecule has 1 aromatic carbocycles. The molecule has 2 aliphatic rings. The fourth-order valence-electron chi connectivity index (χ4n) is 5.22. The summed E-state index contributed by atoms with van der Waals surface area (Å²) < 4.78 is 5.90. The van der Waals surface area contributed by atoms with Crippen LogP contribution in [0.15, 0.2) is 22.7 Å². The van der Waals surface area contributed by atoms with Crippen molar-refractivity contribution < 1.29 is 19.2 Å². The zero-order valence-corrected chi connectivity index (χ0v) is 20.9. The van der Waals surface area contributed by atoms with Gasteiger partial charge in [0.05, 0.1) is 12.1 Å². The van der Waals surface area contributed by atoms with Crippen molar-refractivity contribution in [1.82, 2.24) is 5.16 Å². The van der Waals surface area contributed by atoms with Crippen LogP contribution in [-0.2, 0) is 9.59 Å². The van der Waals surface area contributed by atoms with Crippen LogP contribution >= 0.6 is 0 Å². The molecular formula is C28H38N2O4. The summed E-state index contributed by atoms with van der Waals surface area (Å²) in [6, 6.07) is 5.92. The number of nitrogens with zero attached hydrogens (tertiary/aromatic N) is 1. The Balaban J connectivity index is 1.50. The summed E-state index contributed by atoms with van der Waals surface area (Å²) in [6.07, 6.45) is 6.87. The fourth-order valence-corrected chi connectivity index (χ4v) is 5.22. The van der Waals surface area contributed by atoms with Gasteiger partial charge in [-0.25, -0.2) is 0 Å². The Labute approximate surface area is 202 Å². The minimum atomic E-state index is -0.923. The average molecular weight is 467 g/mol. The number of hydrogen-bond acceptors (Lipinski definition) is 4. The molecule has 1 amide bonds. The molecule has 1 heterocycles. The van der Waals surface area contributed by atoms with Gasteiger partial charge in [0.2, 0.25) is 5.91 Å². The first-order valence-corrected chi connectivity index (χ1v) is 12.8. The number of hydrogen-bond donors (Lipinski definition) is 2. The van der Waals surface area contributed by atoms with Crippen molar-refractivity contribution in [3.63, 3.8) is 0 Å². The molecule has 0 spiro atoms. The van der Waals surface area contributed by atoms with Crippen molar-refractivity contribution in [3.8, 4) is 0 Å². The van der Waals surface area contributed by atoms with Crippen molar-refractivity contribution >= 4 is 17.6 Å².